The van der Waals surface area contributed by atoms with Crippen molar-refractivity contribution in [2.24, 2.45) is 5.92 Å². The molecule has 3 rings (SSSR count). The monoisotopic (exact) mass is 293 g/mol. The highest BCUT2D eigenvalue weighted by Gasteiger charge is 2.34. The number of hydrogen-bond acceptors (Lipinski definition) is 3. The Bertz CT molecular complexity index is 624. The van der Waals surface area contributed by atoms with E-state index in [1.54, 1.807) is 0 Å². The summed E-state index contributed by atoms with van der Waals surface area (Å²) in [5, 5.41) is 3.05. The zero-order chi connectivity index (χ0) is 14.2. The van der Waals surface area contributed by atoms with Crippen molar-refractivity contribution in [2.45, 2.75) is 31.7 Å². The van der Waals surface area contributed by atoms with Gasteiger partial charge in [0.2, 0.25) is 5.91 Å². The van der Waals surface area contributed by atoms with E-state index >= 15 is 0 Å². The summed E-state index contributed by atoms with van der Waals surface area (Å²) in [5.74, 6) is -0.318. The molecule has 0 saturated carbocycles. The molecule has 1 aromatic carbocycles. The second-order valence-electron chi connectivity index (χ2n) is 5.75. The lowest BCUT2D eigenvalue weighted by Gasteiger charge is -2.27. The maximum atomic E-state index is 12.2. The number of fused-ring (bicyclic) bond motifs is 1. The van der Waals surface area contributed by atoms with Gasteiger partial charge in [0.1, 0.15) is 0 Å². The van der Waals surface area contributed by atoms with Gasteiger partial charge in [-0.2, -0.15) is 0 Å². The fraction of sp³-hybridized carbons (Fsp3) is 0.533. The first-order chi connectivity index (χ1) is 9.55. The van der Waals surface area contributed by atoms with Gasteiger partial charge in [-0.05, 0) is 36.8 Å². The molecule has 1 saturated heterocycles. The second-order valence-corrected chi connectivity index (χ2v) is 7.98. The maximum Gasteiger partial charge on any atom is 0.224 e. The molecule has 20 heavy (non-hydrogen) atoms. The van der Waals surface area contributed by atoms with Crippen molar-refractivity contribution < 1.29 is 13.2 Å². The van der Waals surface area contributed by atoms with E-state index in [1.165, 1.54) is 11.1 Å². The predicted molar refractivity (Wildman–Crippen MR) is 77.0 cm³/mol. The minimum Gasteiger partial charge on any atom is -0.349 e. The molecule has 2 aliphatic rings. The van der Waals surface area contributed by atoms with E-state index in [0.717, 1.165) is 19.3 Å². The number of aryl methyl sites for hydroxylation is 1. The van der Waals surface area contributed by atoms with Crippen LogP contribution in [0.5, 0.6) is 0 Å². The summed E-state index contributed by atoms with van der Waals surface area (Å²) in [4.78, 5) is 12.2. The largest absolute Gasteiger partial charge is 0.349 e. The first-order valence-electron chi connectivity index (χ1n) is 7.14. The lowest BCUT2D eigenvalue weighted by molar-refractivity contribution is -0.125. The van der Waals surface area contributed by atoms with Gasteiger partial charge in [0, 0.05) is 0 Å². The zero-order valence-corrected chi connectivity index (χ0v) is 12.2. The lowest BCUT2D eigenvalue weighted by Crippen LogP contribution is -2.36. The molecule has 0 unspecified atom stereocenters. The molecule has 0 spiro atoms. The summed E-state index contributed by atoms with van der Waals surface area (Å²) in [5.41, 5.74) is 2.48. The van der Waals surface area contributed by atoms with Crippen molar-refractivity contribution in [1.82, 2.24) is 5.32 Å². The normalized spacial score (nSPS) is 27.8. The van der Waals surface area contributed by atoms with Crippen LogP contribution in [0.4, 0.5) is 0 Å². The van der Waals surface area contributed by atoms with Gasteiger partial charge in [-0.3, -0.25) is 4.79 Å². The first kappa shape index (κ1) is 13.6. The van der Waals surface area contributed by atoms with Crippen molar-refractivity contribution in [1.29, 1.82) is 0 Å². The number of nitrogens with one attached hydrogen (secondary N) is 1. The van der Waals surface area contributed by atoms with Gasteiger partial charge >= 0.3 is 0 Å². The third kappa shape index (κ3) is 2.73. The zero-order valence-electron chi connectivity index (χ0n) is 11.3. The highest BCUT2D eigenvalue weighted by atomic mass is 32.2. The van der Waals surface area contributed by atoms with Crippen LogP contribution in [-0.2, 0) is 21.1 Å². The van der Waals surface area contributed by atoms with E-state index in [9.17, 15) is 13.2 Å². The molecule has 0 bridgehead atoms. The van der Waals surface area contributed by atoms with Crippen molar-refractivity contribution in [3.05, 3.63) is 35.4 Å². The van der Waals surface area contributed by atoms with Gasteiger partial charge in [-0.25, -0.2) is 8.42 Å². The molecule has 1 fully saturated rings. The maximum absolute atomic E-state index is 12.2. The third-order valence-electron chi connectivity index (χ3n) is 4.29. The van der Waals surface area contributed by atoms with E-state index in [2.05, 4.69) is 17.4 Å². The average Bonchev–Trinajstić information content (AvgIpc) is 2.80. The molecular formula is C15H19NO3S. The third-order valence-corrected chi connectivity index (χ3v) is 6.06. The van der Waals surface area contributed by atoms with E-state index in [0.29, 0.717) is 6.42 Å². The second kappa shape index (κ2) is 5.20. The molecule has 1 heterocycles. The number of benzene rings is 1. The Morgan fingerprint density at radius 1 is 1.20 bits per heavy atom. The highest BCUT2D eigenvalue weighted by molar-refractivity contribution is 7.91. The topological polar surface area (TPSA) is 63.2 Å². The van der Waals surface area contributed by atoms with Crippen LogP contribution in [0.3, 0.4) is 0 Å². The quantitative estimate of drug-likeness (QED) is 0.901. The molecule has 1 aromatic rings. The summed E-state index contributed by atoms with van der Waals surface area (Å²) >= 11 is 0. The molecule has 108 valence electrons. The molecule has 1 N–H and O–H groups in total. The molecule has 2 atom stereocenters. The van der Waals surface area contributed by atoms with Crippen LogP contribution in [-0.4, -0.2) is 25.8 Å². The van der Waals surface area contributed by atoms with Crippen LogP contribution in [0, 0.1) is 5.92 Å². The Labute approximate surface area is 119 Å². The highest BCUT2D eigenvalue weighted by Crippen LogP contribution is 2.30. The van der Waals surface area contributed by atoms with Crippen molar-refractivity contribution in [2.75, 3.05) is 11.5 Å². The van der Waals surface area contributed by atoms with Crippen LogP contribution < -0.4 is 5.32 Å². The number of amides is 1. The molecule has 5 heteroatoms. The Kier molecular flexibility index (Phi) is 3.54. The van der Waals surface area contributed by atoms with Crippen LogP contribution in [0.2, 0.25) is 0 Å². The minimum atomic E-state index is -3.00. The number of carbonyl (C=O) groups excluding carboxylic acids is 1. The van der Waals surface area contributed by atoms with Crippen molar-refractivity contribution in [3.8, 4) is 0 Å². The molecule has 0 radical (unpaired) electrons. The molecule has 1 amide bonds. The van der Waals surface area contributed by atoms with Crippen LogP contribution in [0.1, 0.15) is 36.4 Å². The van der Waals surface area contributed by atoms with Crippen LogP contribution in [0.15, 0.2) is 24.3 Å². The minimum absolute atomic E-state index is 0.00714. The molecule has 1 aliphatic heterocycles. The number of hydrogen-bond donors (Lipinski definition) is 1. The smallest absolute Gasteiger partial charge is 0.224 e. The lowest BCUT2D eigenvalue weighted by atomic mass is 9.87. The number of carbonyl (C=O) groups is 1. The van der Waals surface area contributed by atoms with Gasteiger partial charge in [-0.15, -0.1) is 0 Å². The molecule has 0 aromatic heterocycles. The predicted octanol–water partition coefficient (Wildman–Crippen LogP) is 1.61. The summed E-state index contributed by atoms with van der Waals surface area (Å²) in [6.07, 6.45) is 3.51. The molecular weight excluding hydrogens is 274 g/mol. The summed E-state index contributed by atoms with van der Waals surface area (Å²) in [7, 11) is -3.00. The van der Waals surface area contributed by atoms with E-state index in [1.807, 2.05) is 12.1 Å². The van der Waals surface area contributed by atoms with Crippen LogP contribution >= 0.6 is 0 Å². The fourth-order valence-corrected chi connectivity index (χ4v) is 4.94. The van der Waals surface area contributed by atoms with Crippen molar-refractivity contribution >= 4 is 15.7 Å². The van der Waals surface area contributed by atoms with Gasteiger partial charge in [0.25, 0.3) is 0 Å². The summed E-state index contributed by atoms with van der Waals surface area (Å²) < 4.78 is 22.9. The fourth-order valence-electron chi connectivity index (χ4n) is 3.20. The van der Waals surface area contributed by atoms with E-state index in [-0.39, 0.29) is 29.4 Å². The van der Waals surface area contributed by atoms with Crippen molar-refractivity contribution in [3.63, 3.8) is 0 Å². The average molecular weight is 293 g/mol. The van der Waals surface area contributed by atoms with Gasteiger partial charge in [-0.1, -0.05) is 24.3 Å². The first-order valence-corrected chi connectivity index (χ1v) is 8.96. The standard InChI is InChI=1S/C15H19NO3S/c17-15(12-8-9-20(18,19)10-12)16-14-7-3-5-11-4-1-2-6-13(11)14/h1-2,4,6,12,14H,3,5,7-10H2,(H,16,17)/t12-,14+/m1/s1. The Morgan fingerprint density at radius 3 is 2.75 bits per heavy atom. The van der Waals surface area contributed by atoms with Gasteiger partial charge < -0.3 is 5.32 Å². The molecule has 1 aliphatic carbocycles. The van der Waals surface area contributed by atoms with Crippen LogP contribution in [0.25, 0.3) is 0 Å². The Morgan fingerprint density at radius 2 is 2.00 bits per heavy atom. The van der Waals surface area contributed by atoms with Gasteiger partial charge in [0.05, 0.1) is 23.5 Å². The number of sulfone groups is 1. The summed E-state index contributed by atoms with van der Waals surface area (Å²) in [6, 6.07) is 8.21. The van der Waals surface area contributed by atoms with Gasteiger partial charge in [0.15, 0.2) is 9.84 Å². The number of rotatable bonds is 2. The molecule has 4 nitrogen and oxygen atoms in total. The van der Waals surface area contributed by atoms with E-state index < -0.39 is 9.84 Å². The Balaban J connectivity index is 1.72. The Hall–Kier alpha value is -1.36. The summed E-state index contributed by atoms with van der Waals surface area (Å²) in [6.45, 7) is 0. The van der Waals surface area contributed by atoms with E-state index in [4.69, 9.17) is 0 Å². The SMILES string of the molecule is O=C(N[C@H]1CCCc2ccccc21)[C@@H]1CCS(=O)(=O)C1.